The largest absolute Gasteiger partial charge is 0.482 e. The van der Waals surface area contributed by atoms with E-state index in [2.05, 4.69) is 5.16 Å². The molecule has 0 saturated carbocycles. The van der Waals surface area contributed by atoms with Gasteiger partial charge in [-0.25, -0.2) is 0 Å². The van der Waals surface area contributed by atoms with Gasteiger partial charge in [0, 0.05) is 6.07 Å². The Balaban J connectivity index is 0. The van der Waals surface area contributed by atoms with Gasteiger partial charge in [0.25, 0.3) is 0 Å². The molecule has 1 aromatic rings. The van der Waals surface area contributed by atoms with Crippen molar-refractivity contribution in [3.8, 4) is 0 Å². The Kier molecular flexibility index (Phi) is 8.93. The predicted molar refractivity (Wildman–Crippen MR) is 68.8 cm³/mol. The smallest absolute Gasteiger partial charge is 0.429 e. The van der Waals surface area contributed by atoms with Crippen LogP contribution in [0.3, 0.4) is 0 Å². The first-order valence-electron chi connectivity index (χ1n) is 5.40. The first kappa shape index (κ1) is 19.5. The molecule has 0 aliphatic carbocycles. The maximum absolute atomic E-state index is 9.10. The molecule has 0 aliphatic heterocycles. The van der Waals surface area contributed by atoms with E-state index in [1.54, 1.807) is 27.7 Å². The molecule has 0 fully saturated rings. The Labute approximate surface area is 109 Å². The van der Waals surface area contributed by atoms with Crippen LogP contribution in [0, 0.1) is 13.8 Å². The number of aromatic nitrogens is 1. The van der Waals surface area contributed by atoms with E-state index in [0.29, 0.717) is 0 Å². The summed E-state index contributed by atoms with van der Waals surface area (Å²) in [5.41, 5.74) is -1.07. The molecule has 0 atom stereocenters. The van der Waals surface area contributed by atoms with Crippen LogP contribution in [0.25, 0.3) is 0 Å². The Morgan fingerprint density at radius 2 is 1.39 bits per heavy atom. The van der Waals surface area contributed by atoms with Crippen molar-refractivity contribution < 1.29 is 24.8 Å². The minimum atomic E-state index is -1.01. The van der Waals surface area contributed by atoms with E-state index < -0.39 is 11.2 Å². The van der Waals surface area contributed by atoms with Crippen molar-refractivity contribution >= 4 is 7.69 Å². The van der Waals surface area contributed by atoms with Gasteiger partial charge in [-0.05, 0) is 41.5 Å². The quantitative estimate of drug-likeness (QED) is 0.542. The molecule has 1 aromatic heterocycles. The van der Waals surface area contributed by atoms with Crippen molar-refractivity contribution in [1.29, 1.82) is 0 Å². The summed E-state index contributed by atoms with van der Waals surface area (Å²) in [7, 11) is 0. The first-order valence-corrected chi connectivity index (χ1v) is 5.40. The first-order chi connectivity index (χ1) is 7.95. The molecule has 105 valence electrons. The zero-order valence-corrected chi connectivity index (χ0v) is 11.8. The molecule has 0 unspecified atom stereocenters. The molecular weight excluding hydrogens is 237 g/mol. The van der Waals surface area contributed by atoms with Gasteiger partial charge in [0.15, 0.2) is 0 Å². The van der Waals surface area contributed by atoms with Crippen molar-refractivity contribution in [2.75, 3.05) is 0 Å². The lowest BCUT2D eigenvalue weighted by Crippen LogP contribution is -2.44. The summed E-state index contributed by atoms with van der Waals surface area (Å²) < 4.78 is 4.71. The van der Waals surface area contributed by atoms with Crippen molar-refractivity contribution in [2.24, 2.45) is 0 Å². The molecule has 6 nitrogen and oxygen atoms in total. The summed E-state index contributed by atoms with van der Waals surface area (Å²) in [5.74, 6) is 0.873. The van der Waals surface area contributed by atoms with Crippen LogP contribution in [0.5, 0.6) is 0 Å². The van der Waals surface area contributed by atoms with E-state index in [1.165, 1.54) is 0 Å². The van der Waals surface area contributed by atoms with E-state index >= 15 is 0 Å². The highest BCUT2D eigenvalue weighted by molar-refractivity contribution is 6.13. The molecule has 0 saturated heterocycles. The Bertz CT molecular complexity index is 285. The zero-order chi connectivity index (χ0) is 15.0. The second-order valence-electron chi connectivity index (χ2n) is 4.81. The number of aliphatic hydroxyl groups is 2. The van der Waals surface area contributed by atoms with Gasteiger partial charge in [-0.15, -0.1) is 0 Å². The number of aryl methyl sites for hydroxylation is 2. The minimum Gasteiger partial charge on any atom is -0.429 e. The van der Waals surface area contributed by atoms with Crippen LogP contribution in [-0.4, -0.2) is 44.3 Å². The van der Waals surface area contributed by atoms with Crippen LogP contribution in [0.2, 0.25) is 0 Å². The maximum atomic E-state index is 9.10. The molecule has 4 N–H and O–H groups in total. The predicted octanol–water partition coefficient (Wildman–Crippen LogP) is 0.325. The van der Waals surface area contributed by atoms with Crippen molar-refractivity contribution in [2.45, 2.75) is 52.7 Å². The highest BCUT2D eigenvalue weighted by Crippen LogP contribution is 2.19. The topological polar surface area (TPSA) is 107 Å². The molecule has 1 heterocycles. The maximum Gasteiger partial charge on any atom is 0.482 e. The van der Waals surface area contributed by atoms with Crippen molar-refractivity contribution in [3.05, 3.63) is 17.5 Å². The SMILES string of the molecule is CC(C)(O)C(C)(C)O.Cc1cc(C)on1.O[B]O. The van der Waals surface area contributed by atoms with E-state index in [-0.39, 0.29) is 7.69 Å². The summed E-state index contributed by atoms with van der Waals surface area (Å²) in [5, 5.41) is 35.8. The van der Waals surface area contributed by atoms with Gasteiger partial charge in [-0.2, -0.15) is 0 Å². The van der Waals surface area contributed by atoms with Gasteiger partial charge in [-0.3, -0.25) is 0 Å². The molecule has 0 spiro atoms. The monoisotopic (exact) mass is 260 g/mol. The van der Waals surface area contributed by atoms with Crippen LogP contribution in [0.1, 0.15) is 39.1 Å². The zero-order valence-electron chi connectivity index (χ0n) is 11.8. The highest BCUT2D eigenvalue weighted by Gasteiger charge is 2.31. The molecule has 0 aliphatic rings. The molecule has 18 heavy (non-hydrogen) atoms. The van der Waals surface area contributed by atoms with Crippen LogP contribution >= 0.6 is 0 Å². The Hall–Kier alpha value is -0.885. The number of hydrogen-bond acceptors (Lipinski definition) is 6. The van der Waals surface area contributed by atoms with E-state index in [9.17, 15) is 0 Å². The molecular formula is C11H23BNO5. The van der Waals surface area contributed by atoms with Crippen molar-refractivity contribution in [3.63, 3.8) is 0 Å². The van der Waals surface area contributed by atoms with Crippen LogP contribution < -0.4 is 0 Å². The van der Waals surface area contributed by atoms with Crippen LogP contribution in [-0.2, 0) is 0 Å². The Morgan fingerprint density at radius 3 is 1.44 bits per heavy atom. The molecule has 0 bridgehead atoms. The van der Waals surface area contributed by atoms with Crippen LogP contribution in [0.4, 0.5) is 0 Å². The van der Waals surface area contributed by atoms with Gasteiger partial charge in [0.2, 0.25) is 0 Å². The Morgan fingerprint density at radius 1 is 1.06 bits per heavy atom. The van der Waals surface area contributed by atoms with Gasteiger partial charge < -0.3 is 24.8 Å². The van der Waals surface area contributed by atoms with Gasteiger partial charge in [0.05, 0.1) is 16.9 Å². The molecule has 0 aromatic carbocycles. The number of hydrogen-bond donors (Lipinski definition) is 4. The summed E-state index contributed by atoms with van der Waals surface area (Å²) in [6.07, 6.45) is 0. The summed E-state index contributed by atoms with van der Waals surface area (Å²) >= 11 is 0. The highest BCUT2D eigenvalue weighted by atomic mass is 16.5. The third kappa shape index (κ3) is 10.3. The second kappa shape index (κ2) is 8.26. The fourth-order valence-corrected chi connectivity index (χ4v) is 0.491. The van der Waals surface area contributed by atoms with E-state index in [4.69, 9.17) is 24.8 Å². The summed E-state index contributed by atoms with van der Waals surface area (Å²) in [4.78, 5) is 0. The van der Waals surface area contributed by atoms with E-state index in [0.717, 1.165) is 11.5 Å². The summed E-state index contributed by atoms with van der Waals surface area (Å²) in [6, 6.07) is 1.89. The fourth-order valence-electron chi connectivity index (χ4n) is 0.491. The molecule has 1 rings (SSSR count). The van der Waals surface area contributed by atoms with Gasteiger partial charge in [-0.1, -0.05) is 5.16 Å². The van der Waals surface area contributed by atoms with Gasteiger partial charge in [0.1, 0.15) is 5.76 Å². The molecule has 1 radical (unpaired) electrons. The van der Waals surface area contributed by atoms with Crippen molar-refractivity contribution in [1.82, 2.24) is 5.16 Å². The average molecular weight is 260 g/mol. The number of rotatable bonds is 1. The third-order valence-electron chi connectivity index (χ3n) is 2.24. The summed E-state index contributed by atoms with van der Waals surface area (Å²) in [6.45, 7) is 10.1. The van der Waals surface area contributed by atoms with Crippen LogP contribution in [0.15, 0.2) is 10.6 Å². The third-order valence-corrected chi connectivity index (χ3v) is 2.24. The lowest BCUT2D eigenvalue weighted by atomic mass is 9.90. The standard InChI is InChI=1S/C6H14O2.C5H7NO.BH2O2/c1-5(2,7)6(3,4)8;1-4-3-5(2)7-6-4;2-1-3/h7-8H,1-4H3;3H,1-2H3;2-3H. The second-order valence-corrected chi connectivity index (χ2v) is 4.81. The lowest BCUT2D eigenvalue weighted by Gasteiger charge is -2.31. The molecule has 7 heteroatoms. The number of nitrogens with zero attached hydrogens (tertiary/aromatic N) is 1. The fraction of sp³-hybridized carbons (Fsp3) is 0.727. The average Bonchev–Trinajstić information content (AvgIpc) is 2.48. The minimum absolute atomic E-state index is 0. The molecule has 0 amide bonds. The van der Waals surface area contributed by atoms with E-state index in [1.807, 2.05) is 19.9 Å². The normalized spacial score (nSPS) is 10.8. The lowest BCUT2D eigenvalue weighted by molar-refractivity contribution is -0.107. The van der Waals surface area contributed by atoms with Gasteiger partial charge >= 0.3 is 7.69 Å².